The summed E-state index contributed by atoms with van der Waals surface area (Å²) in [6.45, 7) is 0. The van der Waals surface area contributed by atoms with E-state index in [-0.39, 0.29) is 22.9 Å². The fourth-order valence-electron chi connectivity index (χ4n) is 0. The zero-order chi connectivity index (χ0) is 9.00. The third-order valence-corrected chi connectivity index (χ3v) is 0. The molecular formula is H2Cl2CoNO8. The minimum atomic E-state index is -4.94. The molecule has 0 unspecified atom stereocenters. The minimum absolute atomic E-state index is 0. The van der Waals surface area contributed by atoms with Gasteiger partial charge >= 0.3 is 16.8 Å². The second-order valence-corrected chi connectivity index (χ2v) is 2.27. The predicted molar refractivity (Wildman–Crippen MR) is 5.28 cm³/mol. The summed E-state index contributed by atoms with van der Waals surface area (Å²) in [5, 5.41) is 0. The van der Waals surface area contributed by atoms with Crippen LogP contribution in [0.2, 0.25) is 0 Å². The molecule has 0 rings (SSSR count). The van der Waals surface area contributed by atoms with Gasteiger partial charge in [-0.1, -0.05) is 0 Å². The Morgan fingerprint density at radius 1 is 0.500 bits per heavy atom. The maximum Gasteiger partial charge on any atom is 3.00 e. The molecule has 2 N–H and O–H groups in total. The fraction of sp³-hybridized carbons (Fsp3) is 0. The van der Waals surface area contributed by atoms with Gasteiger partial charge in [0, 0.05) is 0 Å². The van der Waals surface area contributed by atoms with Crippen LogP contribution in [-0.4, -0.2) is 0 Å². The first kappa shape index (κ1) is 23.0. The van der Waals surface area contributed by atoms with Crippen molar-refractivity contribution in [1.82, 2.24) is 0 Å². The Bertz CT molecular complexity index is 60.0. The summed E-state index contributed by atoms with van der Waals surface area (Å²) in [4.78, 5) is 0. The summed E-state index contributed by atoms with van der Waals surface area (Å²) in [7, 11) is -9.89. The van der Waals surface area contributed by atoms with Crippen molar-refractivity contribution in [3.63, 3.8) is 0 Å². The van der Waals surface area contributed by atoms with Gasteiger partial charge in [-0.15, -0.1) is 20.5 Å². The van der Waals surface area contributed by atoms with Crippen molar-refractivity contribution in [2.45, 2.75) is 0 Å². The molecule has 78 valence electrons. The van der Waals surface area contributed by atoms with Gasteiger partial charge in [0.2, 0.25) is 0 Å². The van der Waals surface area contributed by atoms with Gasteiger partial charge in [-0.2, -0.15) is 0 Å². The first-order valence-electron chi connectivity index (χ1n) is 1.23. The van der Waals surface area contributed by atoms with Gasteiger partial charge < -0.3 is 6.15 Å². The molecule has 0 aromatic carbocycles. The van der Waals surface area contributed by atoms with Crippen molar-refractivity contribution in [3.8, 4) is 0 Å². The normalized spacial score (nSPS) is 10.0. The van der Waals surface area contributed by atoms with E-state index in [1.54, 1.807) is 0 Å². The zero-order valence-electron chi connectivity index (χ0n) is 4.93. The van der Waals surface area contributed by atoms with E-state index in [1.165, 1.54) is 0 Å². The van der Waals surface area contributed by atoms with E-state index in [0.717, 1.165) is 0 Å². The maximum atomic E-state index is 8.49. The van der Waals surface area contributed by atoms with Crippen LogP contribution in [0.3, 0.4) is 0 Å². The molecule has 0 aliphatic rings. The molecule has 0 atom stereocenters. The van der Waals surface area contributed by atoms with Crippen LogP contribution in [0.1, 0.15) is 0 Å². The van der Waals surface area contributed by atoms with Crippen LogP contribution in [0.15, 0.2) is 0 Å². The van der Waals surface area contributed by atoms with E-state index < -0.39 is 20.5 Å². The molecule has 0 heterocycles. The van der Waals surface area contributed by atoms with E-state index in [9.17, 15) is 0 Å². The molecule has 0 aromatic rings. The predicted octanol–water partition coefficient (Wildman–Crippen LogP) is -8.80. The van der Waals surface area contributed by atoms with Gasteiger partial charge in [0.15, 0.2) is 0 Å². The van der Waals surface area contributed by atoms with Crippen LogP contribution in [0.5, 0.6) is 0 Å². The van der Waals surface area contributed by atoms with E-state index in [4.69, 9.17) is 37.3 Å². The van der Waals surface area contributed by atoms with Crippen LogP contribution >= 0.6 is 0 Å². The van der Waals surface area contributed by atoms with Crippen LogP contribution < -0.4 is 37.3 Å². The fourth-order valence-corrected chi connectivity index (χ4v) is 0. The number of hydrogen-bond acceptors (Lipinski definition) is 8. The van der Waals surface area contributed by atoms with Crippen molar-refractivity contribution in [1.29, 1.82) is 0 Å². The molecule has 0 radical (unpaired) electrons. The van der Waals surface area contributed by atoms with Gasteiger partial charge in [0.1, 0.15) is 0 Å². The molecule has 12 heavy (non-hydrogen) atoms. The average molecular weight is 274 g/mol. The Morgan fingerprint density at radius 3 is 0.500 bits per heavy atom. The third-order valence-electron chi connectivity index (χ3n) is 0. The molecule has 0 amide bonds. The van der Waals surface area contributed by atoms with Crippen LogP contribution in [0.4, 0.5) is 0 Å². The van der Waals surface area contributed by atoms with Gasteiger partial charge in [0.05, 0.1) is 0 Å². The molecule has 9 nitrogen and oxygen atoms in total. The Hall–Kier alpha value is 0.726. The third kappa shape index (κ3) is 1920. The molecule has 0 aliphatic carbocycles. The van der Waals surface area contributed by atoms with Crippen LogP contribution in [-0.2, 0) is 16.8 Å². The molecule has 0 aliphatic heterocycles. The van der Waals surface area contributed by atoms with Gasteiger partial charge in [-0.05, 0) is 0 Å². The Kier molecular flexibility index (Phi) is 16.0. The van der Waals surface area contributed by atoms with Crippen molar-refractivity contribution in [3.05, 3.63) is 6.15 Å². The van der Waals surface area contributed by atoms with E-state index in [1.807, 2.05) is 0 Å². The second-order valence-electron chi connectivity index (χ2n) is 0.756. The molecule has 0 saturated heterocycles. The molecule has 0 bridgehead atoms. The van der Waals surface area contributed by atoms with Gasteiger partial charge in [0.25, 0.3) is 0 Å². The van der Waals surface area contributed by atoms with Crippen molar-refractivity contribution in [2.24, 2.45) is 0 Å². The first-order valence-corrected chi connectivity index (χ1v) is 3.70. The Balaban J connectivity index is -0.0000000457. The summed E-state index contributed by atoms with van der Waals surface area (Å²) in [5.74, 6) is 0. The summed E-state index contributed by atoms with van der Waals surface area (Å²) >= 11 is 0. The molecule has 0 saturated carbocycles. The van der Waals surface area contributed by atoms with E-state index in [2.05, 4.69) is 0 Å². The van der Waals surface area contributed by atoms with Crippen LogP contribution in [0, 0.1) is 20.5 Å². The summed E-state index contributed by atoms with van der Waals surface area (Å²) in [6, 6.07) is 0. The van der Waals surface area contributed by atoms with E-state index in [0.29, 0.717) is 0 Å². The summed E-state index contributed by atoms with van der Waals surface area (Å²) in [6.07, 6.45) is 0. The van der Waals surface area contributed by atoms with Crippen molar-refractivity contribution >= 4 is 0 Å². The molecule has 0 aromatic heterocycles. The largest absolute Gasteiger partial charge is 3.00 e. The molecular weight excluding hydrogens is 272 g/mol. The molecule has 12 heteroatoms. The quantitative estimate of drug-likeness (QED) is 0.411. The average Bonchev–Trinajstić information content (AvgIpc) is 1.12. The molecule has 0 fully saturated rings. The Labute approximate surface area is 81.1 Å². The van der Waals surface area contributed by atoms with E-state index >= 15 is 0 Å². The Morgan fingerprint density at radius 2 is 0.500 bits per heavy atom. The number of rotatable bonds is 0. The van der Waals surface area contributed by atoms with Crippen LogP contribution in [0.25, 0.3) is 6.15 Å². The smallest absolute Gasteiger partial charge is 0.693 e. The second kappa shape index (κ2) is 8.33. The zero-order valence-corrected chi connectivity index (χ0v) is 7.49. The van der Waals surface area contributed by atoms with Crippen molar-refractivity contribution < 1.29 is 74.5 Å². The number of halogens is 2. The van der Waals surface area contributed by atoms with Crippen molar-refractivity contribution in [2.75, 3.05) is 0 Å². The maximum absolute atomic E-state index is 8.49. The topological polar surface area (TPSA) is 218 Å². The first-order chi connectivity index (χ1) is 4.00. The summed E-state index contributed by atoms with van der Waals surface area (Å²) in [5.41, 5.74) is 0. The SMILES string of the molecule is [Co+3].[NH2-].[O-][Cl+3]([O-])([O-])[O-].[O-][Cl+3]([O-])([O-])[O-]. The van der Waals surface area contributed by atoms with Gasteiger partial charge in [-0.3, -0.25) is 0 Å². The van der Waals surface area contributed by atoms with Gasteiger partial charge in [-0.25, -0.2) is 37.3 Å². The minimum Gasteiger partial charge on any atom is -0.693 e. The molecule has 0 spiro atoms. The monoisotopic (exact) mass is 273 g/mol. The summed E-state index contributed by atoms with van der Waals surface area (Å²) < 4.78 is 67.9. The number of nitrogens with two attached hydrogens (primary N) is 1. The standard InChI is InChI=1S/2ClHO4.Co.H2N/c2*2-1(3,4)5;;/h2*(H,2,3,4,5);;1H2/q;;+3;-1/p-2. The number of hydrogen-bond donors (Lipinski definition) is 0.